The van der Waals surface area contributed by atoms with Crippen molar-refractivity contribution in [3.8, 4) is 5.75 Å². The molecule has 1 aliphatic rings. The zero-order valence-corrected chi connectivity index (χ0v) is 17.4. The van der Waals surface area contributed by atoms with Crippen molar-refractivity contribution in [1.82, 2.24) is 4.90 Å². The van der Waals surface area contributed by atoms with Crippen LogP contribution in [0.15, 0.2) is 58.4 Å². The molecule has 1 fully saturated rings. The van der Waals surface area contributed by atoms with Gasteiger partial charge >= 0.3 is 5.97 Å². The Balaban J connectivity index is 1.75. The topological polar surface area (TPSA) is 68.2 Å². The molecule has 2 aromatic carbocycles. The molecule has 0 spiro atoms. The molecule has 0 bridgehead atoms. The average molecular weight is 410 g/mol. The first-order valence-electron chi connectivity index (χ1n) is 9.17. The van der Waals surface area contributed by atoms with Gasteiger partial charge in [-0.25, -0.2) is 9.79 Å². The van der Waals surface area contributed by atoms with Crippen LogP contribution in [0, 0.1) is 6.92 Å². The van der Waals surface area contributed by atoms with Crippen LogP contribution in [0.2, 0.25) is 0 Å². The maximum Gasteiger partial charge on any atom is 0.344 e. The minimum absolute atomic E-state index is 0.112. The highest BCUT2D eigenvalue weighted by atomic mass is 32.2. The minimum atomic E-state index is -0.420. The molecular formula is C22H22N2O4S. The number of ether oxygens (including phenoxy) is 2. The molecule has 0 aliphatic carbocycles. The molecule has 0 atom stereocenters. The summed E-state index contributed by atoms with van der Waals surface area (Å²) in [6, 6.07) is 15.0. The third-order valence-corrected chi connectivity index (χ3v) is 5.14. The lowest BCUT2D eigenvalue weighted by Crippen LogP contribution is -2.23. The number of aryl methyl sites for hydroxylation is 1. The van der Waals surface area contributed by atoms with Crippen LogP contribution in [-0.2, 0) is 14.3 Å². The summed E-state index contributed by atoms with van der Waals surface area (Å²) in [6.45, 7) is 3.92. The summed E-state index contributed by atoms with van der Waals surface area (Å²) >= 11 is 1.32. The molecule has 0 radical (unpaired) electrons. The van der Waals surface area contributed by atoms with Crippen molar-refractivity contribution >= 4 is 40.6 Å². The smallest absolute Gasteiger partial charge is 0.344 e. The summed E-state index contributed by atoms with van der Waals surface area (Å²) < 4.78 is 10.3. The van der Waals surface area contributed by atoms with Crippen LogP contribution in [0.5, 0.6) is 5.75 Å². The third-order valence-electron chi connectivity index (χ3n) is 4.08. The van der Waals surface area contributed by atoms with E-state index < -0.39 is 5.97 Å². The summed E-state index contributed by atoms with van der Waals surface area (Å²) in [5.41, 5.74) is 2.75. The van der Waals surface area contributed by atoms with E-state index in [0.717, 1.165) is 16.8 Å². The molecule has 6 nitrogen and oxygen atoms in total. The average Bonchev–Trinajstić information content (AvgIpc) is 2.96. The Morgan fingerprint density at radius 2 is 1.97 bits per heavy atom. The van der Waals surface area contributed by atoms with Gasteiger partial charge in [-0.05, 0) is 61.5 Å². The van der Waals surface area contributed by atoms with Crippen LogP contribution >= 0.6 is 11.8 Å². The molecule has 3 rings (SSSR count). The third kappa shape index (κ3) is 5.48. The number of amidine groups is 1. The van der Waals surface area contributed by atoms with Gasteiger partial charge in [-0.2, -0.15) is 0 Å². The predicted molar refractivity (Wildman–Crippen MR) is 115 cm³/mol. The Morgan fingerprint density at radius 1 is 1.21 bits per heavy atom. The number of esters is 1. The number of hydrogen-bond acceptors (Lipinski definition) is 6. The van der Waals surface area contributed by atoms with Crippen LogP contribution in [0.4, 0.5) is 5.69 Å². The van der Waals surface area contributed by atoms with Crippen LogP contribution < -0.4 is 4.74 Å². The maximum atomic E-state index is 12.6. The number of likely N-dealkylation sites (N-methyl/N-ethyl adjacent to an activating group) is 1. The van der Waals surface area contributed by atoms with E-state index in [0.29, 0.717) is 22.4 Å². The number of nitrogens with zero attached hydrogens (tertiary/aromatic N) is 2. The number of carbonyl (C=O) groups excluding carboxylic acids is 2. The first-order valence-corrected chi connectivity index (χ1v) is 9.99. The molecule has 0 N–H and O–H groups in total. The number of rotatable bonds is 6. The molecule has 150 valence electrons. The second-order valence-corrected chi connectivity index (χ2v) is 7.38. The lowest BCUT2D eigenvalue weighted by atomic mass is 10.2. The van der Waals surface area contributed by atoms with E-state index in [1.54, 1.807) is 32.2 Å². The Morgan fingerprint density at radius 3 is 2.69 bits per heavy atom. The number of benzene rings is 2. The molecule has 0 aromatic heterocycles. The van der Waals surface area contributed by atoms with Gasteiger partial charge in [0.15, 0.2) is 11.8 Å². The lowest BCUT2D eigenvalue weighted by Gasteiger charge is -2.07. The highest BCUT2D eigenvalue weighted by Crippen LogP contribution is 2.33. The van der Waals surface area contributed by atoms with Crippen LogP contribution in [-0.4, -0.2) is 42.2 Å². The minimum Gasteiger partial charge on any atom is -0.482 e. The molecule has 7 heteroatoms. The summed E-state index contributed by atoms with van der Waals surface area (Å²) in [6.07, 6.45) is 1.79. The molecule has 1 aliphatic heterocycles. The van der Waals surface area contributed by atoms with Crippen molar-refractivity contribution in [2.75, 3.05) is 20.3 Å². The predicted octanol–water partition coefficient (Wildman–Crippen LogP) is 4.17. The molecule has 1 amide bonds. The van der Waals surface area contributed by atoms with Crippen molar-refractivity contribution in [1.29, 1.82) is 0 Å². The number of thioether (sulfide) groups is 1. The molecule has 1 heterocycles. The Hall–Kier alpha value is -3.06. The van der Waals surface area contributed by atoms with Gasteiger partial charge in [-0.15, -0.1) is 0 Å². The Kier molecular flexibility index (Phi) is 6.72. The van der Waals surface area contributed by atoms with Gasteiger partial charge in [0.2, 0.25) is 0 Å². The number of amides is 1. The first-order chi connectivity index (χ1) is 14.0. The SMILES string of the molecule is CCOC(=O)COc1cccc(/C=C2/SC(=Nc3ccc(C)cc3)N(C)C2=O)c1. The summed E-state index contributed by atoms with van der Waals surface area (Å²) in [5, 5.41) is 0.625. The van der Waals surface area contributed by atoms with Gasteiger partial charge in [0.25, 0.3) is 5.91 Å². The van der Waals surface area contributed by atoms with Crippen LogP contribution in [0.1, 0.15) is 18.1 Å². The van der Waals surface area contributed by atoms with E-state index in [2.05, 4.69) is 4.99 Å². The van der Waals surface area contributed by atoms with Crippen molar-refractivity contribution in [3.63, 3.8) is 0 Å². The quantitative estimate of drug-likeness (QED) is 0.528. The molecule has 29 heavy (non-hydrogen) atoms. The fourth-order valence-corrected chi connectivity index (χ4v) is 3.56. The molecular weight excluding hydrogens is 388 g/mol. The first kappa shape index (κ1) is 20.7. The highest BCUT2D eigenvalue weighted by Gasteiger charge is 2.30. The molecule has 2 aromatic rings. The number of aliphatic imine (C=N–C) groups is 1. The number of hydrogen-bond donors (Lipinski definition) is 0. The van der Waals surface area contributed by atoms with E-state index in [9.17, 15) is 9.59 Å². The monoisotopic (exact) mass is 410 g/mol. The molecule has 0 unspecified atom stereocenters. The summed E-state index contributed by atoms with van der Waals surface area (Å²) in [4.78, 5) is 30.7. The fourth-order valence-electron chi connectivity index (χ4n) is 2.57. The van der Waals surface area contributed by atoms with Gasteiger partial charge in [0.05, 0.1) is 17.2 Å². The van der Waals surface area contributed by atoms with Gasteiger partial charge in [0.1, 0.15) is 5.75 Å². The van der Waals surface area contributed by atoms with Gasteiger partial charge < -0.3 is 9.47 Å². The van der Waals surface area contributed by atoms with E-state index in [1.165, 1.54) is 16.7 Å². The summed E-state index contributed by atoms with van der Waals surface area (Å²) in [7, 11) is 1.71. The van der Waals surface area contributed by atoms with E-state index >= 15 is 0 Å². The second-order valence-electron chi connectivity index (χ2n) is 6.37. The van der Waals surface area contributed by atoms with Crippen LogP contribution in [0.3, 0.4) is 0 Å². The van der Waals surface area contributed by atoms with E-state index in [1.807, 2.05) is 43.3 Å². The fraction of sp³-hybridized carbons (Fsp3) is 0.227. The van der Waals surface area contributed by atoms with E-state index in [-0.39, 0.29) is 12.5 Å². The van der Waals surface area contributed by atoms with Gasteiger partial charge in [0, 0.05) is 7.05 Å². The van der Waals surface area contributed by atoms with Gasteiger partial charge in [-0.3, -0.25) is 9.69 Å². The largest absolute Gasteiger partial charge is 0.482 e. The van der Waals surface area contributed by atoms with Crippen molar-refractivity contribution in [2.24, 2.45) is 4.99 Å². The zero-order chi connectivity index (χ0) is 20.8. The van der Waals surface area contributed by atoms with Crippen molar-refractivity contribution in [3.05, 3.63) is 64.6 Å². The molecule has 1 saturated heterocycles. The summed E-state index contributed by atoms with van der Waals surface area (Å²) in [5.74, 6) is -0.000163. The van der Waals surface area contributed by atoms with Crippen molar-refractivity contribution in [2.45, 2.75) is 13.8 Å². The highest BCUT2D eigenvalue weighted by molar-refractivity contribution is 8.18. The second kappa shape index (κ2) is 9.43. The lowest BCUT2D eigenvalue weighted by molar-refractivity contribution is -0.145. The Bertz CT molecular complexity index is 967. The standard InChI is InChI=1S/C22H22N2O4S/c1-4-27-20(25)14-28-18-7-5-6-16(12-18)13-19-21(26)24(3)22(29-19)23-17-10-8-15(2)9-11-17/h5-13H,4,14H2,1-3H3/b19-13+,23-22?. The molecule has 0 saturated carbocycles. The van der Waals surface area contributed by atoms with Crippen molar-refractivity contribution < 1.29 is 19.1 Å². The van der Waals surface area contributed by atoms with E-state index in [4.69, 9.17) is 9.47 Å². The normalized spacial score (nSPS) is 16.5. The Labute approximate surface area is 174 Å². The number of carbonyl (C=O) groups is 2. The van der Waals surface area contributed by atoms with Gasteiger partial charge in [-0.1, -0.05) is 29.8 Å². The van der Waals surface area contributed by atoms with Crippen LogP contribution in [0.25, 0.3) is 6.08 Å². The maximum absolute atomic E-state index is 12.6. The zero-order valence-electron chi connectivity index (χ0n) is 16.5.